The van der Waals surface area contributed by atoms with Gasteiger partial charge in [-0.1, -0.05) is 0 Å². The summed E-state index contributed by atoms with van der Waals surface area (Å²) >= 11 is 1.81. The van der Waals surface area contributed by atoms with E-state index in [0.29, 0.717) is 24.2 Å². The number of nitro benzene ring substituents is 1. The maximum absolute atomic E-state index is 12.7. The van der Waals surface area contributed by atoms with Gasteiger partial charge in [-0.05, 0) is 48.3 Å². The number of ether oxygens (including phenoxy) is 1. The number of methoxy groups -OCH3 is 1. The average Bonchev–Trinajstić information content (AvgIpc) is 3.37. The maximum Gasteiger partial charge on any atom is 0.273 e. The van der Waals surface area contributed by atoms with E-state index in [9.17, 15) is 14.9 Å². The van der Waals surface area contributed by atoms with E-state index in [2.05, 4.69) is 21.7 Å². The number of fused-ring (bicyclic) bond motifs is 1. The zero-order chi connectivity index (χ0) is 19.0. The summed E-state index contributed by atoms with van der Waals surface area (Å²) in [7, 11) is 1.43. The second-order valence-electron chi connectivity index (χ2n) is 6.99. The first kappa shape index (κ1) is 17.9. The quantitative estimate of drug-likeness (QED) is 0.605. The lowest BCUT2D eigenvalue weighted by molar-refractivity contribution is -0.384. The normalized spacial score (nSPS) is 19.4. The Kier molecular flexibility index (Phi) is 4.84. The highest BCUT2D eigenvalue weighted by Crippen LogP contribution is 2.48. The number of hydrogen-bond donors (Lipinski definition) is 1. The van der Waals surface area contributed by atoms with Crippen molar-refractivity contribution in [2.75, 3.05) is 25.5 Å². The molecule has 0 spiro atoms. The molecule has 8 heteroatoms. The van der Waals surface area contributed by atoms with Crippen LogP contribution in [0.5, 0.6) is 5.75 Å². The van der Waals surface area contributed by atoms with Gasteiger partial charge in [0, 0.05) is 23.5 Å². The number of nitro groups is 1. The molecule has 1 N–H and O–H groups in total. The van der Waals surface area contributed by atoms with Gasteiger partial charge in [-0.15, -0.1) is 11.3 Å². The molecule has 1 aliphatic carbocycles. The summed E-state index contributed by atoms with van der Waals surface area (Å²) in [5, 5.41) is 15.9. The number of nitrogens with one attached hydrogen (secondary N) is 1. The van der Waals surface area contributed by atoms with Gasteiger partial charge < -0.3 is 10.1 Å². The largest absolute Gasteiger partial charge is 0.494 e. The minimum atomic E-state index is -0.486. The molecule has 1 amide bonds. The second kappa shape index (κ2) is 7.28. The zero-order valence-corrected chi connectivity index (χ0v) is 15.8. The number of carbonyl (C=O) groups excluding carboxylic acids is 1. The van der Waals surface area contributed by atoms with E-state index < -0.39 is 4.92 Å². The van der Waals surface area contributed by atoms with Crippen LogP contribution < -0.4 is 10.1 Å². The highest BCUT2D eigenvalue weighted by atomic mass is 32.1. The van der Waals surface area contributed by atoms with Crippen molar-refractivity contribution in [2.45, 2.75) is 25.3 Å². The van der Waals surface area contributed by atoms with Gasteiger partial charge >= 0.3 is 0 Å². The van der Waals surface area contributed by atoms with Crippen molar-refractivity contribution < 1.29 is 14.5 Å². The van der Waals surface area contributed by atoms with E-state index in [-0.39, 0.29) is 17.3 Å². The predicted octanol–water partition coefficient (Wildman–Crippen LogP) is 3.61. The van der Waals surface area contributed by atoms with Crippen LogP contribution in [0.15, 0.2) is 29.6 Å². The van der Waals surface area contributed by atoms with Gasteiger partial charge in [0.15, 0.2) is 0 Å². The first-order chi connectivity index (χ1) is 13.1. The van der Waals surface area contributed by atoms with Crippen molar-refractivity contribution in [1.82, 2.24) is 4.90 Å². The number of nitrogens with zero attached hydrogens (tertiary/aromatic N) is 2. The topological polar surface area (TPSA) is 84.7 Å². The monoisotopic (exact) mass is 387 g/mol. The Balaban J connectivity index is 1.47. The Morgan fingerprint density at radius 3 is 2.93 bits per heavy atom. The molecule has 1 fully saturated rings. The number of carbonyl (C=O) groups is 1. The van der Waals surface area contributed by atoms with Gasteiger partial charge in [0.2, 0.25) is 5.91 Å². The number of anilines is 1. The SMILES string of the molecule is COc1cc([N+](=O)[O-])ccc1NC(=O)CN1CCc2sccc2[C@H]1C1CC1. The van der Waals surface area contributed by atoms with Crippen molar-refractivity contribution in [3.63, 3.8) is 0 Å². The lowest BCUT2D eigenvalue weighted by Crippen LogP contribution is -2.41. The summed E-state index contributed by atoms with van der Waals surface area (Å²) in [5.74, 6) is 0.793. The maximum atomic E-state index is 12.7. The molecule has 0 bridgehead atoms. The van der Waals surface area contributed by atoms with Gasteiger partial charge in [0.1, 0.15) is 5.75 Å². The van der Waals surface area contributed by atoms with E-state index in [1.165, 1.54) is 48.6 Å². The summed E-state index contributed by atoms with van der Waals surface area (Å²) in [4.78, 5) is 26.8. The van der Waals surface area contributed by atoms with Crippen LogP contribution in [0.1, 0.15) is 29.3 Å². The summed E-state index contributed by atoms with van der Waals surface area (Å²) in [5.41, 5.74) is 1.76. The van der Waals surface area contributed by atoms with E-state index in [0.717, 1.165) is 13.0 Å². The molecule has 0 unspecified atom stereocenters. The minimum Gasteiger partial charge on any atom is -0.494 e. The van der Waals surface area contributed by atoms with Crippen molar-refractivity contribution >= 4 is 28.6 Å². The Morgan fingerprint density at radius 2 is 2.22 bits per heavy atom. The third-order valence-corrected chi connectivity index (χ3v) is 6.20. The fourth-order valence-electron chi connectivity index (χ4n) is 3.81. The molecule has 0 saturated heterocycles. The van der Waals surface area contributed by atoms with E-state index in [1.807, 2.05) is 11.3 Å². The molecule has 2 heterocycles. The fourth-order valence-corrected chi connectivity index (χ4v) is 4.72. The van der Waals surface area contributed by atoms with Crippen LogP contribution in [0.3, 0.4) is 0 Å². The van der Waals surface area contributed by atoms with Crippen LogP contribution in [0, 0.1) is 16.0 Å². The standard InChI is InChI=1S/C19H21N3O4S/c1-26-16-10-13(22(24)25)4-5-15(16)20-18(23)11-21-8-6-17-14(7-9-27-17)19(21)12-2-3-12/h4-5,7,9-10,12,19H,2-3,6,8,11H2,1H3,(H,20,23)/t19-/m1/s1. The lowest BCUT2D eigenvalue weighted by Gasteiger charge is -2.35. The number of amides is 1. The summed E-state index contributed by atoms with van der Waals surface area (Å²) in [6.45, 7) is 1.18. The molecule has 7 nitrogen and oxygen atoms in total. The Bertz CT molecular complexity index is 878. The fraction of sp³-hybridized carbons (Fsp3) is 0.421. The van der Waals surface area contributed by atoms with Crippen LogP contribution >= 0.6 is 11.3 Å². The third kappa shape index (κ3) is 3.68. The smallest absolute Gasteiger partial charge is 0.273 e. The molecular weight excluding hydrogens is 366 g/mol. The Morgan fingerprint density at radius 1 is 1.41 bits per heavy atom. The van der Waals surface area contributed by atoms with Crippen molar-refractivity contribution in [1.29, 1.82) is 0 Å². The number of rotatable bonds is 6. The van der Waals surface area contributed by atoms with E-state index in [1.54, 1.807) is 0 Å². The highest BCUT2D eigenvalue weighted by Gasteiger charge is 2.40. The molecule has 4 rings (SSSR count). The Hall–Kier alpha value is -2.45. The minimum absolute atomic E-state index is 0.0698. The van der Waals surface area contributed by atoms with Crippen LogP contribution in [0.2, 0.25) is 0 Å². The second-order valence-corrected chi connectivity index (χ2v) is 7.99. The molecule has 2 aromatic rings. The zero-order valence-electron chi connectivity index (χ0n) is 15.0. The van der Waals surface area contributed by atoms with Gasteiger partial charge in [-0.2, -0.15) is 0 Å². The lowest BCUT2D eigenvalue weighted by atomic mass is 9.96. The molecular formula is C19H21N3O4S. The molecule has 1 aromatic carbocycles. The van der Waals surface area contributed by atoms with Crippen LogP contribution in [0.25, 0.3) is 0 Å². The molecule has 1 aliphatic heterocycles. The van der Waals surface area contributed by atoms with Crippen LogP contribution in [0.4, 0.5) is 11.4 Å². The third-order valence-electron chi connectivity index (χ3n) is 5.20. The number of hydrogen-bond acceptors (Lipinski definition) is 6. The summed E-state index contributed by atoms with van der Waals surface area (Å²) < 4.78 is 5.20. The summed E-state index contributed by atoms with van der Waals surface area (Å²) in [6, 6.07) is 6.72. The molecule has 1 atom stereocenters. The number of benzene rings is 1. The van der Waals surface area contributed by atoms with Crippen molar-refractivity contribution in [2.24, 2.45) is 5.92 Å². The van der Waals surface area contributed by atoms with Crippen molar-refractivity contribution in [3.8, 4) is 5.75 Å². The molecule has 142 valence electrons. The highest BCUT2D eigenvalue weighted by molar-refractivity contribution is 7.10. The Labute approximate surface area is 161 Å². The molecule has 1 saturated carbocycles. The van der Waals surface area contributed by atoms with Gasteiger partial charge in [0.25, 0.3) is 5.69 Å². The van der Waals surface area contributed by atoms with Gasteiger partial charge in [-0.25, -0.2) is 0 Å². The summed E-state index contributed by atoms with van der Waals surface area (Å²) in [6.07, 6.45) is 3.41. The molecule has 1 aromatic heterocycles. The number of non-ortho nitro benzene ring substituents is 1. The molecule has 27 heavy (non-hydrogen) atoms. The van der Waals surface area contributed by atoms with Crippen molar-refractivity contribution in [3.05, 3.63) is 50.2 Å². The van der Waals surface area contributed by atoms with E-state index in [4.69, 9.17) is 4.74 Å². The van der Waals surface area contributed by atoms with Gasteiger partial charge in [-0.3, -0.25) is 19.8 Å². The number of thiophene rings is 1. The molecule has 0 radical (unpaired) electrons. The first-order valence-corrected chi connectivity index (χ1v) is 9.87. The van der Waals surface area contributed by atoms with Crippen LogP contribution in [-0.2, 0) is 11.2 Å². The average molecular weight is 387 g/mol. The predicted molar refractivity (Wildman–Crippen MR) is 103 cm³/mol. The van der Waals surface area contributed by atoms with E-state index >= 15 is 0 Å². The first-order valence-electron chi connectivity index (χ1n) is 8.99. The van der Waals surface area contributed by atoms with Crippen LogP contribution in [-0.4, -0.2) is 35.9 Å². The van der Waals surface area contributed by atoms with Gasteiger partial charge in [0.05, 0.1) is 30.3 Å². The molecule has 2 aliphatic rings.